The molecule has 0 unspecified atom stereocenters. The second-order valence-corrected chi connectivity index (χ2v) is 4.57. The second-order valence-electron chi connectivity index (χ2n) is 3.72. The van der Waals surface area contributed by atoms with Crippen molar-refractivity contribution in [1.82, 2.24) is 4.98 Å². The Balaban J connectivity index is 2.04. The molecule has 0 fully saturated rings. The van der Waals surface area contributed by atoms with Crippen molar-refractivity contribution >= 4 is 40.9 Å². The SMILES string of the molecule is O=C(C=Cc1ccc(Cl)cc1Cl)Nc1ccncc1. The third-order valence-electron chi connectivity index (χ3n) is 2.32. The summed E-state index contributed by atoms with van der Waals surface area (Å²) in [6, 6.07) is 8.51. The van der Waals surface area contributed by atoms with E-state index in [0.29, 0.717) is 15.7 Å². The van der Waals surface area contributed by atoms with Gasteiger partial charge >= 0.3 is 0 Å². The Kier molecular flexibility index (Phi) is 4.55. The molecule has 0 aliphatic rings. The third-order valence-corrected chi connectivity index (χ3v) is 2.89. The minimum Gasteiger partial charge on any atom is -0.322 e. The Bertz CT molecular complexity index is 612. The largest absolute Gasteiger partial charge is 0.322 e. The van der Waals surface area contributed by atoms with Crippen LogP contribution in [-0.4, -0.2) is 10.9 Å². The van der Waals surface area contributed by atoms with E-state index in [-0.39, 0.29) is 5.91 Å². The van der Waals surface area contributed by atoms with Crippen molar-refractivity contribution in [3.8, 4) is 0 Å². The van der Waals surface area contributed by atoms with Gasteiger partial charge in [-0.2, -0.15) is 0 Å². The molecule has 96 valence electrons. The molecule has 3 nitrogen and oxygen atoms in total. The molecule has 2 rings (SSSR count). The summed E-state index contributed by atoms with van der Waals surface area (Å²) in [7, 11) is 0. The summed E-state index contributed by atoms with van der Waals surface area (Å²) >= 11 is 11.8. The number of rotatable bonds is 3. The van der Waals surface area contributed by atoms with Gasteiger partial charge in [-0.15, -0.1) is 0 Å². The van der Waals surface area contributed by atoms with Crippen LogP contribution < -0.4 is 5.32 Å². The third kappa shape index (κ3) is 4.09. The van der Waals surface area contributed by atoms with Gasteiger partial charge in [-0.05, 0) is 35.9 Å². The number of hydrogen-bond donors (Lipinski definition) is 1. The molecule has 0 radical (unpaired) electrons. The molecule has 5 heteroatoms. The van der Waals surface area contributed by atoms with Gasteiger partial charge in [-0.3, -0.25) is 9.78 Å². The molecular formula is C14H10Cl2N2O. The van der Waals surface area contributed by atoms with Crippen molar-refractivity contribution < 1.29 is 4.79 Å². The smallest absolute Gasteiger partial charge is 0.248 e. The number of carbonyl (C=O) groups excluding carboxylic acids is 1. The van der Waals surface area contributed by atoms with Crippen molar-refractivity contribution in [3.05, 3.63) is 64.4 Å². The summed E-state index contributed by atoms with van der Waals surface area (Å²) in [5.74, 6) is -0.239. The number of nitrogens with one attached hydrogen (secondary N) is 1. The van der Waals surface area contributed by atoms with E-state index in [9.17, 15) is 4.79 Å². The van der Waals surface area contributed by atoms with Gasteiger partial charge in [0.1, 0.15) is 0 Å². The van der Waals surface area contributed by atoms with E-state index >= 15 is 0 Å². The van der Waals surface area contributed by atoms with Gasteiger partial charge in [0.05, 0.1) is 0 Å². The number of hydrogen-bond acceptors (Lipinski definition) is 2. The molecule has 0 saturated heterocycles. The first kappa shape index (κ1) is 13.6. The number of pyridine rings is 1. The van der Waals surface area contributed by atoms with E-state index < -0.39 is 0 Å². The number of nitrogens with zero attached hydrogens (tertiary/aromatic N) is 1. The lowest BCUT2D eigenvalue weighted by molar-refractivity contribution is -0.111. The van der Waals surface area contributed by atoms with Gasteiger partial charge in [-0.1, -0.05) is 29.3 Å². The predicted octanol–water partition coefficient (Wildman–Crippen LogP) is 4.04. The molecule has 0 spiro atoms. The minimum absolute atomic E-state index is 0.239. The summed E-state index contributed by atoms with van der Waals surface area (Å²) in [4.78, 5) is 15.5. The molecular weight excluding hydrogens is 283 g/mol. The normalized spacial score (nSPS) is 10.6. The van der Waals surface area contributed by atoms with Gasteiger partial charge in [0, 0.05) is 34.2 Å². The lowest BCUT2D eigenvalue weighted by Crippen LogP contribution is -2.07. The summed E-state index contributed by atoms with van der Waals surface area (Å²) in [5, 5.41) is 3.77. The highest BCUT2D eigenvalue weighted by atomic mass is 35.5. The lowest BCUT2D eigenvalue weighted by Gasteiger charge is -2.01. The molecule has 19 heavy (non-hydrogen) atoms. The minimum atomic E-state index is -0.239. The van der Waals surface area contributed by atoms with Crippen LogP contribution in [0.15, 0.2) is 48.8 Å². The zero-order chi connectivity index (χ0) is 13.7. The fourth-order valence-electron chi connectivity index (χ4n) is 1.42. The highest BCUT2D eigenvalue weighted by Crippen LogP contribution is 2.21. The Morgan fingerprint density at radius 1 is 1.16 bits per heavy atom. The van der Waals surface area contributed by atoms with Crippen molar-refractivity contribution in [2.75, 3.05) is 5.32 Å². The second kappa shape index (κ2) is 6.36. The van der Waals surface area contributed by atoms with Crippen molar-refractivity contribution in [2.24, 2.45) is 0 Å². The monoisotopic (exact) mass is 292 g/mol. The van der Waals surface area contributed by atoms with Crippen LogP contribution in [0, 0.1) is 0 Å². The maximum Gasteiger partial charge on any atom is 0.248 e. The number of carbonyl (C=O) groups is 1. The first-order valence-electron chi connectivity index (χ1n) is 5.49. The number of aromatic nitrogens is 1. The average molecular weight is 293 g/mol. The number of halogens is 2. The van der Waals surface area contributed by atoms with E-state index in [0.717, 1.165) is 5.56 Å². The summed E-state index contributed by atoms with van der Waals surface area (Å²) < 4.78 is 0. The molecule has 0 atom stereocenters. The Morgan fingerprint density at radius 3 is 2.58 bits per heavy atom. The van der Waals surface area contributed by atoms with E-state index in [1.165, 1.54) is 6.08 Å². The first-order chi connectivity index (χ1) is 9.15. The van der Waals surface area contributed by atoms with Crippen LogP contribution in [0.5, 0.6) is 0 Å². The van der Waals surface area contributed by atoms with Crippen LogP contribution in [0.25, 0.3) is 6.08 Å². The quantitative estimate of drug-likeness (QED) is 0.868. The van der Waals surface area contributed by atoms with Crippen molar-refractivity contribution in [1.29, 1.82) is 0 Å². The molecule has 1 aromatic heterocycles. The van der Waals surface area contributed by atoms with Crippen LogP contribution in [0.3, 0.4) is 0 Å². The fourth-order valence-corrected chi connectivity index (χ4v) is 1.89. The van der Waals surface area contributed by atoms with Crippen LogP contribution in [0.2, 0.25) is 10.0 Å². The molecule has 1 heterocycles. The van der Waals surface area contributed by atoms with Gasteiger partial charge in [0.15, 0.2) is 0 Å². The number of benzene rings is 1. The van der Waals surface area contributed by atoms with E-state index in [2.05, 4.69) is 10.3 Å². The molecule has 0 bridgehead atoms. The van der Waals surface area contributed by atoms with Crippen LogP contribution in [-0.2, 0) is 4.79 Å². The maximum absolute atomic E-state index is 11.7. The Morgan fingerprint density at radius 2 is 1.89 bits per heavy atom. The number of anilines is 1. The zero-order valence-corrected chi connectivity index (χ0v) is 11.3. The molecule has 2 aromatic rings. The molecule has 0 saturated carbocycles. The van der Waals surface area contributed by atoms with Gasteiger partial charge in [0.25, 0.3) is 0 Å². The molecule has 0 aliphatic carbocycles. The molecule has 1 N–H and O–H groups in total. The van der Waals surface area contributed by atoms with Crippen molar-refractivity contribution in [2.45, 2.75) is 0 Å². The zero-order valence-electron chi connectivity index (χ0n) is 9.81. The van der Waals surface area contributed by atoms with E-state index in [1.807, 2.05) is 0 Å². The topological polar surface area (TPSA) is 42.0 Å². The van der Waals surface area contributed by atoms with Crippen LogP contribution in [0.1, 0.15) is 5.56 Å². The van der Waals surface area contributed by atoms with Crippen LogP contribution in [0.4, 0.5) is 5.69 Å². The predicted molar refractivity (Wildman–Crippen MR) is 78.4 cm³/mol. The number of amides is 1. The summed E-state index contributed by atoms with van der Waals surface area (Å²) in [6.07, 6.45) is 6.26. The fraction of sp³-hybridized carbons (Fsp3) is 0. The highest BCUT2D eigenvalue weighted by Gasteiger charge is 2.00. The molecule has 0 aliphatic heterocycles. The Labute approximate surface area is 120 Å². The van der Waals surface area contributed by atoms with Gasteiger partial charge in [0.2, 0.25) is 5.91 Å². The maximum atomic E-state index is 11.7. The van der Waals surface area contributed by atoms with Gasteiger partial charge in [-0.25, -0.2) is 0 Å². The highest BCUT2D eigenvalue weighted by molar-refractivity contribution is 6.35. The molecule has 1 aromatic carbocycles. The summed E-state index contributed by atoms with van der Waals surface area (Å²) in [6.45, 7) is 0. The van der Waals surface area contributed by atoms with E-state index in [4.69, 9.17) is 23.2 Å². The van der Waals surface area contributed by atoms with Crippen molar-refractivity contribution in [3.63, 3.8) is 0 Å². The molecule has 1 amide bonds. The first-order valence-corrected chi connectivity index (χ1v) is 6.25. The lowest BCUT2D eigenvalue weighted by atomic mass is 10.2. The van der Waals surface area contributed by atoms with E-state index in [1.54, 1.807) is 48.8 Å². The summed E-state index contributed by atoms with van der Waals surface area (Å²) in [5.41, 5.74) is 1.42. The average Bonchev–Trinajstić information content (AvgIpc) is 2.39. The standard InChI is InChI=1S/C14H10Cl2N2O/c15-11-3-1-10(13(16)9-11)2-4-14(19)18-12-5-7-17-8-6-12/h1-9H,(H,17,18,19). The van der Waals surface area contributed by atoms with Crippen LogP contribution >= 0.6 is 23.2 Å². The van der Waals surface area contributed by atoms with Gasteiger partial charge < -0.3 is 5.32 Å². The Hall–Kier alpha value is -1.84.